The van der Waals surface area contributed by atoms with Gasteiger partial charge in [0.1, 0.15) is 43.2 Å². The lowest BCUT2D eigenvalue weighted by atomic mass is 9.85. The fourth-order valence-electron chi connectivity index (χ4n) is 6.50. The number of allylic oxidation sites excluding steroid dienone is 10. The van der Waals surface area contributed by atoms with E-state index in [2.05, 4.69) is 62.5 Å². The Morgan fingerprint density at radius 1 is 0.533 bits per heavy atom. The van der Waals surface area contributed by atoms with Crippen LogP contribution in [0.3, 0.4) is 0 Å². The van der Waals surface area contributed by atoms with Gasteiger partial charge in [0.05, 0.1) is 6.61 Å². The predicted octanol–water partition coefficient (Wildman–Crippen LogP) is 8.55. The fraction of sp³-hybridized carbons (Fsp3) is 0.739. The monoisotopic (exact) mass is 871 g/mol. The van der Waals surface area contributed by atoms with Crippen molar-refractivity contribution >= 4 is 19.8 Å². The van der Waals surface area contributed by atoms with E-state index in [1.165, 1.54) is 64.2 Å². The zero-order valence-electron chi connectivity index (χ0n) is 36.5. The van der Waals surface area contributed by atoms with Gasteiger partial charge in [-0.1, -0.05) is 158 Å². The number of phosphoric ester groups is 1. The highest BCUT2D eigenvalue weighted by Gasteiger charge is 2.51. The molecule has 0 aromatic rings. The molecule has 1 rings (SSSR count). The highest BCUT2D eigenvalue weighted by Crippen LogP contribution is 2.47. The highest BCUT2D eigenvalue weighted by molar-refractivity contribution is 7.47. The van der Waals surface area contributed by atoms with Crippen molar-refractivity contribution in [3.63, 3.8) is 0 Å². The number of esters is 2. The zero-order chi connectivity index (χ0) is 44.3. The molecule has 0 bridgehead atoms. The zero-order valence-corrected chi connectivity index (χ0v) is 37.4. The van der Waals surface area contributed by atoms with Crippen molar-refractivity contribution in [2.45, 2.75) is 204 Å². The Morgan fingerprint density at radius 3 is 1.43 bits per heavy atom. The quantitative estimate of drug-likeness (QED) is 0.0151. The number of phosphoric acid groups is 1. The first kappa shape index (κ1) is 55.6. The van der Waals surface area contributed by atoms with Crippen LogP contribution in [-0.4, -0.2) is 98.3 Å². The van der Waals surface area contributed by atoms with Gasteiger partial charge in [-0.3, -0.25) is 18.6 Å². The third-order valence-corrected chi connectivity index (χ3v) is 11.1. The molecule has 0 saturated heterocycles. The first-order valence-corrected chi connectivity index (χ1v) is 24.1. The Labute approximate surface area is 360 Å². The summed E-state index contributed by atoms with van der Waals surface area (Å²) in [5.41, 5.74) is 0. The van der Waals surface area contributed by atoms with Crippen LogP contribution in [0, 0.1) is 0 Å². The molecule has 60 heavy (non-hydrogen) atoms. The number of hydrogen-bond acceptors (Lipinski definition) is 12. The Bertz CT molecular complexity index is 1280. The van der Waals surface area contributed by atoms with Crippen molar-refractivity contribution in [1.82, 2.24) is 0 Å². The van der Waals surface area contributed by atoms with Crippen molar-refractivity contribution in [2.24, 2.45) is 0 Å². The van der Waals surface area contributed by atoms with Crippen LogP contribution in [0.15, 0.2) is 60.8 Å². The van der Waals surface area contributed by atoms with Crippen LogP contribution in [0.1, 0.15) is 162 Å². The maximum atomic E-state index is 12.8. The molecule has 1 fully saturated rings. The summed E-state index contributed by atoms with van der Waals surface area (Å²) >= 11 is 0. The minimum Gasteiger partial charge on any atom is -0.462 e. The lowest BCUT2D eigenvalue weighted by Crippen LogP contribution is -2.64. The number of unbranched alkanes of at least 4 members (excludes halogenated alkanes) is 14. The molecule has 346 valence electrons. The maximum absolute atomic E-state index is 12.8. The summed E-state index contributed by atoms with van der Waals surface area (Å²) in [6.07, 6.45) is 30.0. The summed E-state index contributed by atoms with van der Waals surface area (Å²) in [7, 11) is -5.13. The lowest BCUT2D eigenvalue weighted by molar-refractivity contribution is -0.220. The van der Waals surface area contributed by atoms with Crippen LogP contribution in [0.25, 0.3) is 0 Å². The van der Waals surface area contributed by atoms with Gasteiger partial charge >= 0.3 is 19.8 Å². The largest absolute Gasteiger partial charge is 0.472 e. The van der Waals surface area contributed by atoms with E-state index in [4.69, 9.17) is 18.5 Å². The standard InChI is InChI=1S/C46H79O13P/c1-3-5-7-9-11-13-15-17-19-20-21-23-25-27-29-31-33-35-40(48)58-38(37-57-60(54,55)59-46-44(52)42(50)41(49)43(51)45(46)53)36-56-39(47)34-32-30-28-26-24-22-18-16-14-12-10-8-6-4-2/h5,7,11,13,17,19,21,23,27,29,38,41-46,49-53H,3-4,6,8-10,12,14-16,18,20,22,24-26,28,30-37H2,1-2H3,(H,54,55)/b7-5+,13-11+,19-17+,23-21+,29-27+/t38-,41?,42-,43?,44?,45?,46?/m1/s1. The predicted molar refractivity (Wildman–Crippen MR) is 235 cm³/mol. The van der Waals surface area contributed by atoms with E-state index < -0.39 is 75.7 Å². The molecule has 0 radical (unpaired) electrons. The van der Waals surface area contributed by atoms with Crippen molar-refractivity contribution in [3.8, 4) is 0 Å². The van der Waals surface area contributed by atoms with Crippen molar-refractivity contribution in [2.75, 3.05) is 13.2 Å². The summed E-state index contributed by atoms with van der Waals surface area (Å²) in [6.45, 7) is 3.13. The molecule has 1 aliphatic rings. The summed E-state index contributed by atoms with van der Waals surface area (Å²) in [5, 5.41) is 50.1. The second kappa shape index (κ2) is 36.1. The average Bonchev–Trinajstić information content (AvgIpc) is 3.23. The third kappa shape index (κ3) is 28.2. The maximum Gasteiger partial charge on any atom is 0.472 e. The van der Waals surface area contributed by atoms with E-state index in [0.29, 0.717) is 19.3 Å². The molecule has 13 nitrogen and oxygen atoms in total. The van der Waals surface area contributed by atoms with Crippen molar-refractivity contribution < 1.29 is 63.1 Å². The van der Waals surface area contributed by atoms with Gasteiger partial charge in [-0.25, -0.2) is 4.57 Å². The van der Waals surface area contributed by atoms with Crippen molar-refractivity contribution in [1.29, 1.82) is 0 Å². The highest BCUT2D eigenvalue weighted by atomic mass is 31.2. The molecule has 1 saturated carbocycles. The minimum atomic E-state index is -5.13. The molecule has 0 aromatic heterocycles. The first-order chi connectivity index (χ1) is 28.9. The fourth-order valence-corrected chi connectivity index (χ4v) is 7.47. The molecular weight excluding hydrogens is 791 g/mol. The van der Waals surface area contributed by atoms with Crippen molar-refractivity contribution in [3.05, 3.63) is 60.8 Å². The van der Waals surface area contributed by atoms with Gasteiger partial charge in [-0.2, -0.15) is 0 Å². The van der Waals surface area contributed by atoms with Gasteiger partial charge in [0.2, 0.25) is 0 Å². The average molecular weight is 871 g/mol. The molecule has 1 aliphatic carbocycles. The Hall–Kier alpha value is -2.45. The lowest BCUT2D eigenvalue weighted by Gasteiger charge is -2.41. The molecule has 0 aromatic carbocycles. The molecule has 6 N–H and O–H groups in total. The second-order valence-corrected chi connectivity index (χ2v) is 16.9. The van der Waals surface area contributed by atoms with E-state index in [1.807, 2.05) is 12.2 Å². The number of aliphatic hydroxyl groups is 5. The number of ether oxygens (including phenoxy) is 2. The van der Waals surface area contributed by atoms with E-state index >= 15 is 0 Å². The van der Waals surface area contributed by atoms with Gasteiger partial charge in [-0.15, -0.1) is 0 Å². The van der Waals surface area contributed by atoms with Crippen LogP contribution in [0.4, 0.5) is 0 Å². The third-order valence-electron chi connectivity index (χ3n) is 10.1. The van der Waals surface area contributed by atoms with E-state index in [9.17, 15) is 44.6 Å². The van der Waals surface area contributed by atoms with E-state index in [0.717, 1.165) is 51.4 Å². The molecule has 14 heteroatoms. The number of carbonyl (C=O) groups is 2. The second-order valence-electron chi connectivity index (χ2n) is 15.5. The molecule has 0 heterocycles. The SMILES string of the molecule is CC/C=C/C/C=C/C/C=C/C/C=C/C/C=C/CCCC(=O)O[C@H](COC(=O)CCCCCCCCCCCCCCCC)COP(=O)(O)OC1C(O)C(O)C(O)[C@@H](O)C1O. The van der Waals surface area contributed by atoms with Crippen LogP contribution < -0.4 is 0 Å². The number of rotatable bonds is 36. The Balaban J connectivity index is 2.52. The summed E-state index contributed by atoms with van der Waals surface area (Å²) in [5.74, 6) is -1.17. The molecule has 8 atom stereocenters. The van der Waals surface area contributed by atoms with Gasteiger partial charge < -0.3 is 39.9 Å². The first-order valence-electron chi connectivity index (χ1n) is 22.6. The van der Waals surface area contributed by atoms with Gasteiger partial charge in [0, 0.05) is 12.8 Å². The van der Waals surface area contributed by atoms with Crippen LogP contribution in [0.2, 0.25) is 0 Å². The number of hydrogen-bond donors (Lipinski definition) is 6. The summed E-state index contributed by atoms with van der Waals surface area (Å²) in [6, 6.07) is 0. The summed E-state index contributed by atoms with van der Waals surface area (Å²) in [4.78, 5) is 35.6. The summed E-state index contributed by atoms with van der Waals surface area (Å²) < 4.78 is 33.4. The van der Waals surface area contributed by atoms with E-state index in [-0.39, 0.29) is 12.8 Å². The number of carbonyl (C=O) groups excluding carboxylic acids is 2. The van der Waals surface area contributed by atoms with Gasteiger partial charge in [0.25, 0.3) is 0 Å². The van der Waals surface area contributed by atoms with Gasteiger partial charge in [0.15, 0.2) is 6.10 Å². The van der Waals surface area contributed by atoms with Gasteiger partial charge in [-0.05, 0) is 51.4 Å². The minimum absolute atomic E-state index is 0.0175. The Morgan fingerprint density at radius 2 is 0.950 bits per heavy atom. The van der Waals surface area contributed by atoms with Crippen LogP contribution >= 0.6 is 7.82 Å². The number of aliphatic hydroxyl groups excluding tert-OH is 5. The molecular formula is C46H79O13P. The van der Waals surface area contributed by atoms with E-state index in [1.54, 1.807) is 0 Å². The molecule has 0 amide bonds. The van der Waals surface area contributed by atoms with Crippen LogP contribution in [-0.2, 0) is 32.7 Å². The Kier molecular flexibility index (Phi) is 33.4. The van der Waals surface area contributed by atoms with Crippen LogP contribution in [0.5, 0.6) is 0 Å². The molecule has 0 aliphatic heterocycles. The normalized spacial score (nSPS) is 22.7. The smallest absolute Gasteiger partial charge is 0.462 e. The molecule has 0 spiro atoms. The molecule has 6 unspecified atom stereocenters. The topological polar surface area (TPSA) is 210 Å².